The highest BCUT2D eigenvalue weighted by Crippen LogP contribution is 2.31. The van der Waals surface area contributed by atoms with Crippen LogP contribution in [0.5, 0.6) is 0 Å². The van der Waals surface area contributed by atoms with E-state index < -0.39 is 10.9 Å². The van der Waals surface area contributed by atoms with Crippen LogP contribution >= 0.6 is 15.9 Å². The number of carbonyl (C=O) groups is 1. The van der Waals surface area contributed by atoms with E-state index in [0.29, 0.717) is 16.3 Å². The van der Waals surface area contributed by atoms with Crippen molar-refractivity contribution in [3.8, 4) is 0 Å². The monoisotopic (exact) mass is 355 g/mol. The van der Waals surface area contributed by atoms with Crippen LogP contribution in [0, 0.1) is 22.0 Å². The molecule has 21 heavy (non-hydrogen) atoms. The Morgan fingerprint density at radius 2 is 1.90 bits per heavy atom. The second-order valence-corrected chi connectivity index (χ2v) is 6.72. The van der Waals surface area contributed by atoms with Crippen molar-refractivity contribution in [3.05, 3.63) is 38.3 Å². The Balaban J connectivity index is 2.13. The molecule has 0 amide bonds. The number of hydrogen-bond donors (Lipinski definition) is 0. The number of hydrogen-bond acceptors (Lipinski definition) is 4. The molecule has 1 aliphatic rings. The second-order valence-electron chi connectivity index (χ2n) is 5.87. The van der Waals surface area contributed by atoms with Gasteiger partial charge in [0.15, 0.2) is 0 Å². The molecule has 0 radical (unpaired) electrons. The van der Waals surface area contributed by atoms with Crippen molar-refractivity contribution >= 4 is 27.6 Å². The summed E-state index contributed by atoms with van der Waals surface area (Å²) in [5, 5.41) is 10.8. The Kier molecular flexibility index (Phi) is 4.98. The largest absolute Gasteiger partial charge is 0.459 e. The number of ether oxygens (including phenoxy) is 1. The van der Waals surface area contributed by atoms with Crippen molar-refractivity contribution in [2.24, 2.45) is 11.8 Å². The van der Waals surface area contributed by atoms with E-state index >= 15 is 0 Å². The lowest BCUT2D eigenvalue weighted by molar-refractivity contribution is -0.384. The van der Waals surface area contributed by atoms with Gasteiger partial charge >= 0.3 is 5.97 Å². The third kappa shape index (κ3) is 4.03. The molecule has 0 spiro atoms. The van der Waals surface area contributed by atoms with Gasteiger partial charge in [-0.3, -0.25) is 10.1 Å². The number of benzene rings is 1. The van der Waals surface area contributed by atoms with Crippen molar-refractivity contribution in [2.45, 2.75) is 39.2 Å². The maximum absolute atomic E-state index is 12.2. The molecule has 0 heterocycles. The number of non-ortho nitro benzene ring substituents is 1. The summed E-state index contributed by atoms with van der Waals surface area (Å²) in [6.45, 7) is 4.31. The first kappa shape index (κ1) is 15.9. The highest BCUT2D eigenvalue weighted by molar-refractivity contribution is 9.10. The van der Waals surface area contributed by atoms with E-state index in [2.05, 4.69) is 29.8 Å². The van der Waals surface area contributed by atoms with Crippen molar-refractivity contribution in [1.82, 2.24) is 0 Å². The van der Waals surface area contributed by atoms with E-state index in [1.165, 1.54) is 18.2 Å². The number of rotatable bonds is 3. The molecule has 2 unspecified atom stereocenters. The summed E-state index contributed by atoms with van der Waals surface area (Å²) in [5.41, 5.74) is 0.0885. The van der Waals surface area contributed by atoms with Crippen LogP contribution in [0.4, 0.5) is 5.69 Å². The zero-order valence-electron chi connectivity index (χ0n) is 12.0. The Morgan fingerprint density at radius 1 is 1.29 bits per heavy atom. The standard InChI is InChI=1S/C15H18BrNO4/c1-9-5-10(2)7-12(6-9)21-15(18)13-8-11(17(19)20)3-4-14(13)16/h3-4,8-10,12H,5-7H2,1-2H3. The molecule has 0 aromatic heterocycles. The van der Waals surface area contributed by atoms with Crippen LogP contribution in [0.1, 0.15) is 43.5 Å². The van der Waals surface area contributed by atoms with Crippen molar-refractivity contribution in [1.29, 1.82) is 0 Å². The minimum atomic E-state index is -0.520. The van der Waals surface area contributed by atoms with Gasteiger partial charge in [-0.05, 0) is 53.1 Å². The smallest absolute Gasteiger partial charge is 0.339 e. The maximum atomic E-state index is 12.2. The molecule has 2 atom stereocenters. The molecular weight excluding hydrogens is 338 g/mol. The van der Waals surface area contributed by atoms with Gasteiger partial charge < -0.3 is 4.74 Å². The number of nitrogens with zero attached hydrogens (tertiary/aromatic N) is 1. The summed E-state index contributed by atoms with van der Waals surface area (Å²) in [6.07, 6.45) is 2.74. The molecule has 5 nitrogen and oxygen atoms in total. The van der Waals surface area contributed by atoms with Gasteiger partial charge in [-0.1, -0.05) is 13.8 Å². The third-order valence-electron chi connectivity index (χ3n) is 3.79. The average molecular weight is 356 g/mol. The molecule has 0 saturated heterocycles. The molecule has 2 rings (SSSR count). The predicted molar refractivity (Wildman–Crippen MR) is 82.2 cm³/mol. The fraction of sp³-hybridized carbons (Fsp3) is 0.533. The van der Waals surface area contributed by atoms with Crippen molar-refractivity contribution in [2.75, 3.05) is 0 Å². The van der Waals surface area contributed by atoms with Gasteiger partial charge in [0.2, 0.25) is 0 Å². The minimum Gasteiger partial charge on any atom is -0.459 e. The number of halogens is 1. The quantitative estimate of drug-likeness (QED) is 0.459. The van der Waals surface area contributed by atoms with E-state index in [4.69, 9.17) is 4.74 Å². The average Bonchev–Trinajstić information content (AvgIpc) is 2.37. The summed E-state index contributed by atoms with van der Waals surface area (Å²) in [5.74, 6) is 0.553. The van der Waals surface area contributed by atoms with Gasteiger partial charge in [0, 0.05) is 16.6 Å². The molecule has 0 N–H and O–H groups in total. The Labute approximate surface area is 132 Å². The summed E-state index contributed by atoms with van der Waals surface area (Å²) in [6, 6.07) is 4.11. The molecule has 0 bridgehead atoms. The number of nitro groups is 1. The van der Waals surface area contributed by atoms with Gasteiger partial charge in [0.1, 0.15) is 6.10 Å². The Hall–Kier alpha value is -1.43. The molecule has 114 valence electrons. The van der Waals surface area contributed by atoms with Gasteiger partial charge in [0.05, 0.1) is 10.5 Å². The Bertz CT molecular complexity index is 551. The Morgan fingerprint density at radius 3 is 2.48 bits per heavy atom. The molecule has 1 aromatic carbocycles. The SMILES string of the molecule is CC1CC(C)CC(OC(=O)c2cc([N+](=O)[O-])ccc2Br)C1. The molecular formula is C15H18BrNO4. The van der Waals surface area contributed by atoms with Crippen LogP contribution in [-0.2, 0) is 4.74 Å². The summed E-state index contributed by atoms with van der Waals surface area (Å²) >= 11 is 3.25. The summed E-state index contributed by atoms with van der Waals surface area (Å²) < 4.78 is 6.05. The molecule has 1 saturated carbocycles. The first-order chi connectivity index (χ1) is 9.86. The lowest BCUT2D eigenvalue weighted by Crippen LogP contribution is -2.28. The molecule has 1 aromatic rings. The summed E-state index contributed by atoms with van der Waals surface area (Å²) in [4.78, 5) is 22.5. The van der Waals surface area contributed by atoms with Gasteiger partial charge in [-0.2, -0.15) is 0 Å². The highest BCUT2D eigenvalue weighted by Gasteiger charge is 2.28. The molecule has 1 aliphatic carbocycles. The fourth-order valence-corrected chi connectivity index (χ4v) is 3.38. The van der Waals surface area contributed by atoms with Crippen LogP contribution in [-0.4, -0.2) is 17.0 Å². The third-order valence-corrected chi connectivity index (χ3v) is 4.48. The number of nitro benzene ring substituents is 1. The fourth-order valence-electron chi connectivity index (χ4n) is 2.97. The number of esters is 1. The van der Waals surface area contributed by atoms with Crippen molar-refractivity contribution < 1.29 is 14.5 Å². The predicted octanol–water partition coefficient (Wildman–Crippen LogP) is 4.34. The highest BCUT2D eigenvalue weighted by atomic mass is 79.9. The lowest BCUT2D eigenvalue weighted by Gasteiger charge is -2.31. The minimum absolute atomic E-state index is 0.109. The van der Waals surface area contributed by atoms with Crippen LogP contribution in [0.3, 0.4) is 0 Å². The van der Waals surface area contributed by atoms with Gasteiger partial charge in [0.25, 0.3) is 5.69 Å². The maximum Gasteiger partial charge on any atom is 0.339 e. The van der Waals surface area contributed by atoms with E-state index in [9.17, 15) is 14.9 Å². The van der Waals surface area contributed by atoms with Crippen LogP contribution in [0.15, 0.2) is 22.7 Å². The van der Waals surface area contributed by atoms with E-state index in [1.807, 2.05) is 0 Å². The van der Waals surface area contributed by atoms with Crippen molar-refractivity contribution in [3.63, 3.8) is 0 Å². The van der Waals surface area contributed by atoms with Crippen LogP contribution in [0.2, 0.25) is 0 Å². The zero-order valence-corrected chi connectivity index (χ0v) is 13.6. The second kappa shape index (κ2) is 6.56. The van der Waals surface area contributed by atoms with Gasteiger partial charge in [-0.25, -0.2) is 4.79 Å². The van der Waals surface area contributed by atoms with E-state index in [0.717, 1.165) is 19.3 Å². The number of carbonyl (C=O) groups excluding carboxylic acids is 1. The molecule has 1 fully saturated rings. The van der Waals surface area contributed by atoms with E-state index in [1.54, 1.807) is 0 Å². The van der Waals surface area contributed by atoms with E-state index in [-0.39, 0.29) is 17.4 Å². The molecule has 0 aliphatic heterocycles. The topological polar surface area (TPSA) is 69.4 Å². The zero-order chi connectivity index (χ0) is 15.6. The van der Waals surface area contributed by atoms with Crippen LogP contribution < -0.4 is 0 Å². The first-order valence-electron chi connectivity index (χ1n) is 7.01. The van der Waals surface area contributed by atoms with Crippen LogP contribution in [0.25, 0.3) is 0 Å². The molecule has 6 heteroatoms. The lowest BCUT2D eigenvalue weighted by atomic mass is 9.82. The first-order valence-corrected chi connectivity index (χ1v) is 7.81. The van der Waals surface area contributed by atoms with Gasteiger partial charge in [-0.15, -0.1) is 0 Å². The summed E-state index contributed by atoms with van der Waals surface area (Å²) in [7, 11) is 0. The normalized spacial score (nSPS) is 25.4.